The second-order valence-corrected chi connectivity index (χ2v) is 5.74. The normalized spacial score (nSPS) is 11.5. The number of unbranched alkanes of at least 4 members (excludes halogenated alkanes) is 1. The van der Waals surface area contributed by atoms with Gasteiger partial charge in [0.2, 0.25) is 5.91 Å². The topological polar surface area (TPSA) is 29.1 Å². The van der Waals surface area contributed by atoms with E-state index in [-0.39, 0.29) is 6.42 Å². The average molecular weight is 393 g/mol. The predicted molar refractivity (Wildman–Crippen MR) is 83.9 cm³/mol. The van der Waals surface area contributed by atoms with Crippen LogP contribution < -0.4 is 5.32 Å². The molecule has 2 rings (SSSR count). The van der Waals surface area contributed by atoms with Crippen LogP contribution in [0.1, 0.15) is 30.4 Å². The Balaban J connectivity index is 2.03. The summed E-state index contributed by atoms with van der Waals surface area (Å²) in [5, 5.41) is 1.60. The monoisotopic (exact) mass is 393 g/mol. The summed E-state index contributed by atoms with van der Waals surface area (Å²) in [6.45, 7) is 0. The molecule has 9 heteroatoms. The number of halogens is 7. The fourth-order valence-corrected chi connectivity index (χ4v) is 2.45. The highest BCUT2D eigenvalue weighted by atomic mass is 19.4. The van der Waals surface area contributed by atoms with Gasteiger partial charge in [-0.15, -0.1) is 0 Å². The molecule has 0 aliphatic rings. The maximum Gasteiger partial charge on any atom is 0.422 e. The summed E-state index contributed by atoms with van der Waals surface area (Å²) < 4.78 is 91.9. The summed E-state index contributed by atoms with van der Waals surface area (Å²) in [6.07, 6.45) is -4.36. The lowest BCUT2D eigenvalue weighted by Gasteiger charge is -2.14. The molecule has 0 saturated heterocycles. The quantitative estimate of drug-likeness (QED) is 0.386. The second-order valence-electron chi connectivity index (χ2n) is 5.74. The molecular weight excluding hydrogens is 379 g/mol. The van der Waals surface area contributed by atoms with Gasteiger partial charge < -0.3 is 5.32 Å². The van der Waals surface area contributed by atoms with Gasteiger partial charge in [-0.1, -0.05) is 30.3 Å². The number of amides is 1. The molecule has 146 valence electrons. The van der Waals surface area contributed by atoms with E-state index in [1.807, 2.05) is 30.3 Å². The largest absolute Gasteiger partial charge is 0.422 e. The molecule has 0 unspecified atom stereocenters. The smallest absolute Gasteiger partial charge is 0.321 e. The first-order valence-electron chi connectivity index (χ1n) is 7.89. The minimum Gasteiger partial charge on any atom is -0.321 e. The van der Waals surface area contributed by atoms with Crippen LogP contribution in [0.2, 0.25) is 0 Å². The molecule has 0 radical (unpaired) electrons. The van der Waals surface area contributed by atoms with Gasteiger partial charge >= 0.3 is 6.18 Å². The summed E-state index contributed by atoms with van der Waals surface area (Å²) in [5.74, 6) is -10.8. The number of rotatable bonds is 6. The lowest BCUT2D eigenvalue weighted by molar-refractivity contribution is -0.143. The Hall–Kier alpha value is -2.58. The molecule has 0 spiro atoms. The van der Waals surface area contributed by atoms with E-state index in [2.05, 4.69) is 0 Å². The molecule has 0 fully saturated rings. The van der Waals surface area contributed by atoms with Gasteiger partial charge in [-0.2, -0.15) is 13.2 Å². The molecule has 2 aromatic rings. The Morgan fingerprint density at radius 2 is 1.41 bits per heavy atom. The van der Waals surface area contributed by atoms with Gasteiger partial charge in [-0.05, 0) is 24.8 Å². The number of anilines is 1. The Morgan fingerprint density at radius 3 is 1.93 bits per heavy atom. The van der Waals surface area contributed by atoms with Crippen molar-refractivity contribution in [2.45, 2.75) is 31.9 Å². The fourth-order valence-electron chi connectivity index (χ4n) is 2.45. The van der Waals surface area contributed by atoms with E-state index in [1.165, 1.54) is 0 Å². The first-order valence-corrected chi connectivity index (χ1v) is 7.89. The molecule has 2 nitrogen and oxygen atoms in total. The van der Waals surface area contributed by atoms with Gasteiger partial charge in [0.1, 0.15) is 11.3 Å². The van der Waals surface area contributed by atoms with E-state index >= 15 is 0 Å². The highest BCUT2D eigenvalue weighted by Crippen LogP contribution is 2.38. The SMILES string of the molecule is O=C(CCCCc1ccccc1)Nc1c(F)c(F)c(C(F)(F)F)c(F)c1F. The Labute approximate surface area is 150 Å². The zero-order valence-electron chi connectivity index (χ0n) is 13.8. The third-order valence-corrected chi connectivity index (χ3v) is 3.77. The van der Waals surface area contributed by atoms with Crippen LogP contribution in [-0.4, -0.2) is 5.91 Å². The molecule has 27 heavy (non-hydrogen) atoms. The van der Waals surface area contributed by atoms with Crippen LogP contribution in [0.4, 0.5) is 36.4 Å². The summed E-state index contributed by atoms with van der Waals surface area (Å²) in [7, 11) is 0. The van der Waals surface area contributed by atoms with Crippen LogP contribution in [0.5, 0.6) is 0 Å². The Kier molecular flexibility index (Phi) is 6.45. The molecule has 0 aromatic heterocycles. The lowest BCUT2D eigenvalue weighted by atomic mass is 10.1. The fraction of sp³-hybridized carbons (Fsp3) is 0.278. The van der Waals surface area contributed by atoms with Gasteiger partial charge in [-0.25, -0.2) is 17.6 Å². The van der Waals surface area contributed by atoms with E-state index in [0.29, 0.717) is 19.3 Å². The molecule has 0 saturated carbocycles. The van der Waals surface area contributed by atoms with Crippen LogP contribution in [0.15, 0.2) is 30.3 Å². The highest BCUT2D eigenvalue weighted by Gasteiger charge is 2.42. The summed E-state index contributed by atoms with van der Waals surface area (Å²) in [5.41, 5.74) is -3.24. The first kappa shape index (κ1) is 20.7. The van der Waals surface area contributed by atoms with Crippen molar-refractivity contribution in [1.82, 2.24) is 0 Å². The summed E-state index contributed by atoms with van der Waals surface area (Å²) in [6, 6.07) is 9.25. The van der Waals surface area contributed by atoms with Crippen LogP contribution in [-0.2, 0) is 17.4 Å². The molecular formula is C18H14F7NO. The zero-order valence-corrected chi connectivity index (χ0v) is 13.8. The maximum atomic E-state index is 13.7. The molecule has 0 aliphatic carbocycles. The minimum atomic E-state index is -5.63. The van der Waals surface area contributed by atoms with Crippen molar-refractivity contribution in [2.75, 3.05) is 5.32 Å². The van der Waals surface area contributed by atoms with Crippen LogP contribution >= 0.6 is 0 Å². The third-order valence-electron chi connectivity index (χ3n) is 3.77. The van der Waals surface area contributed by atoms with E-state index in [1.54, 1.807) is 5.32 Å². The van der Waals surface area contributed by atoms with E-state index in [4.69, 9.17) is 0 Å². The molecule has 2 aromatic carbocycles. The standard InChI is InChI=1S/C18H14F7NO/c19-13-12(18(23,24)25)14(20)16(22)17(15(13)21)26-11(27)9-5-4-8-10-6-2-1-3-7-10/h1-3,6-7H,4-5,8-9H2,(H,26,27). The maximum absolute atomic E-state index is 13.7. The number of carbonyl (C=O) groups is 1. The number of hydrogen-bond acceptors (Lipinski definition) is 1. The van der Waals surface area contributed by atoms with Gasteiger partial charge in [-0.3, -0.25) is 4.79 Å². The van der Waals surface area contributed by atoms with Crippen molar-refractivity contribution < 1.29 is 35.5 Å². The highest BCUT2D eigenvalue weighted by molar-refractivity contribution is 5.91. The van der Waals surface area contributed by atoms with Gasteiger partial charge in [0.25, 0.3) is 0 Å². The zero-order chi connectivity index (χ0) is 20.2. The van der Waals surface area contributed by atoms with Crippen LogP contribution in [0, 0.1) is 23.3 Å². The van der Waals surface area contributed by atoms with Crippen LogP contribution in [0.3, 0.4) is 0 Å². The van der Waals surface area contributed by atoms with Crippen molar-refractivity contribution in [3.05, 3.63) is 64.7 Å². The molecule has 0 atom stereocenters. The van der Waals surface area contributed by atoms with Gasteiger partial charge in [0, 0.05) is 6.42 Å². The summed E-state index contributed by atoms with van der Waals surface area (Å²) in [4.78, 5) is 11.7. The third kappa shape index (κ3) is 4.99. The molecule has 1 amide bonds. The Bertz CT molecular complexity index is 790. The van der Waals surface area contributed by atoms with Gasteiger partial charge in [0.15, 0.2) is 23.3 Å². The lowest BCUT2D eigenvalue weighted by Crippen LogP contribution is -2.20. The molecule has 0 bridgehead atoms. The van der Waals surface area contributed by atoms with E-state index < -0.39 is 46.6 Å². The average Bonchev–Trinajstić information content (AvgIpc) is 2.60. The molecule has 0 aliphatic heterocycles. The number of nitrogens with one attached hydrogen (secondary N) is 1. The predicted octanol–water partition coefficient (Wildman–Crippen LogP) is 5.61. The van der Waals surface area contributed by atoms with Crippen molar-refractivity contribution in [3.8, 4) is 0 Å². The Morgan fingerprint density at radius 1 is 0.852 bits per heavy atom. The molecule has 0 heterocycles. The second kappa shape index (κ2) is 8.41. The number of alkyl halides is 3. The number of aryl methyl sites for hydroxylation is 1. The van der Waals surface area contributed by atoms with E-state index in [9.17, 15) is 35.5 Å². The van der Waals surface area contributed by atoms with Crippen molar-refractivity contribution in [2.24, 2.45) is 0 Å². The van der Waals surface area contributed by atoms with Crippen LogP contribution in [0.25, 0.3) is 0 Å². The van der Waals surface area contributed by atoms with Gasteiger partial charge in [0.05, 0.1) is 0 Å². The summed E-state index contributed by atoms with van der Waals surface area (Å²) >= 11 is 0. The van der Waals surface area contributed by atoms with Crippen molar-refractivity contribution in [1.29, 1.82) is 0 Å². The first-order chi connectivity index (χ1) is 12.6. The minimum absolute atomic E-state index is 0.226. The van der Waals surface area contributed by atoms with Crippen molar-refractivity contribution in [3.63, 3.8) is 0 Å². The number of hydrogen-bond donors (Lipinski definition) is 1. The number of benzene rings is 2. The van der Waals surface area contributed by atoms with E-state index in [0.717, 1.165) is 5.56 Å². The van der Waals surface area contributed by atoms with Crippen molar-refractivity contribution >= 4 is 11.6 Å². The number of carbonyl (C=O) groups excluding carboxylic acids is 1. The molecule has 1 N–H and O–H groups in total.